The minimum Gasteiger partial charge on any atom is -0.508 e. The van der Waals surface area contributed by atoms with E-state index in [1.807, 2.05) is 6.08 Å². The van der Waals surface area contributed by atoms with Crippen molar-refractivity contribution in [2.24, 2.45) is 0 Å². The molecule has 0 fully saturated rings. The second kappa shape index (κ2) is 10.2. The zero-order valence-electron chi connectivity index (χ0n) is 13.0. The van der Waals surface area contributed by atoms with Crippen LogP contribution in [0.1, 0.15) is 43.7 Å². The van der Waals surface area contributed by atoms with Crippen LogP contribution in [0.4, 0.5) is 0 Å². The smallest absolute Gasteiger partial charge is 0.121 e. The highest BCUT2D eigenvalue weighted by Crippen LogP contribution is 2.22. The van der Waals surface area contributed by atoms with Gasteiger partial charge in [-0.2, -0.15) is 0 Å². The molecule has 0 aliphatic heterocycles. The fourth-order valence-electron chi connectivity index (χ4n) is 2.10. The molecule has 122 valence electrons. The van der Waals surface area contributed by atoms with Gasteiger partial charge in [0.15, 0.2) is 0 Å². The molecule has 2 unspecified atom stereocenters. The topological polar surface area (TPSA) is 80.9 Å². The van der Waals surface area contributed by atoms with Gasteiger partial charge in [-0.05, 0) is 24.5 Å². The fourth-order valence-corrected chi connectivity index (χ4v) is 2.10. The molecular weight excluding hydrogens is 280 g/mol. The lowest BCUT2D eigenvalue weighted by Gasteiger charge is -2.11. The normalized spacial score (nSPS) is 14.7. The van der Waals surface area contributed by atoms with Gasteiger partial charge in [-0.25, -0.2) is 0 Å². The third-order valence-electron chi connectivity index (χ3n) is 3.48. The zero-order valence-corrected chi connectivity index (χ0v) is 13.0. The highest BCUT2D eigenvalue weighted by atomic mass is 16.3. The van der Waals surface area contributed by atoms with Crippen LogP contribution in [0.25, 0.3) is 6.08 Å². The summed E-state index contributed by atoms with van der Waals surface area (Å²) in [4.78, 5) is 0. The summed E-state index contributed by atoms with van der Waals surface area (Å²) in [5, 5.41) is 38.6. The van der Waals surface area contributed by atoms with Crippen LogP contribution in [-0.2, 0) is 6.61 Å². The van der Waals surface area contributed by atoms with Crippen LogP contribution in [0.5, 0.6) is 5.75 Å². The first kappa shape index (κ1) is 18.4. The predicted octanol–water partition coefficient (Wildman–Crippen LogP) is 2.76. The first-order valence-corrected chi connectivity index (χ1v) is 7.72. The highest BCUT2D eigenvalue weighted by Gasteiger charge is 2.10. The third-order valence-corrected chi connectivity index (χ3v) is 3.48. The molecule has 22 heavy (non-hydrogen) atoms. The Morgan fingerprint density at radius 3 is 2.50 bits per heavy atom. The first-order valence-electron chi connectivity index (χ1n) is 7.72. The van der Waals surface area contributed by atoms with E-state index in [1.165, 1.54) is 12.1 Å². The molecule has 1 aromatic rings. The molecule has 0 bridgehead atoms. The fraction of sp³-hybridized carbons (Fsp3) is 0.444. The van der Waals surface area contributed by atoms with E-state index in [9.17, 15) is 20.4 Å². The van der Waals surface area contributed by atoms with Crippen molar-refractivity contribution in [2.45, 2.75) is 51.4 Å². The van der Waals surface area contributed by atoms with Crippen molar-refractivity contribution in [3.05, 3.63) is 47.6 Å². The number of unbranched alkanes of at least 4 members (excludes halogenated alkanes) is 3. The van der Waals surface area contributed by atoms with Crippen LogP contribution >= 0.6 is 0 Å². The molecule has 0 aliphatic rings. The minimum absolute atomic E-state index is 0.00973. The summed E-state index contributed by atoms with van der Waals surface area (Å²) in [6.07, 6.45) is 8.80. The molecule has 0 saturated heterocycles. The molecule has 4 N–H and O–H groups in total. The Balaban J connectivity index is 2.60. The Kier molecular flexibility index (Phi) is 8.51. The van der Waals surface area contributed by atoms with E-state index in [0.29, 0.717) is 11.1 Å². The van der Waals surface area contributed by atoms with E-state index in [4.69, 9.17) is 0 Å². The lowest BCUT2D eigenvalue weighted by molar-refractivity contribution is 0.0811. The van der Waals surface area contributed by atoms with E-state index in [2.05, 4.69) is 6.92 Å². The molecule has 0 heterocycles. The van der Waals surface area contributed by atoms with Crippen molar-refractivity contribution in [1.29, 1.82) is 0 Å². The van der Waals surface area contributed by atoms with Gasteiger partial charge in [0.25, 0.3) is 0 Å². The highest BCUT2D eigenvalue weighted by molar-refractivity contribution is 5.58. The number of aromatic hydroxyl groups is 1. The summed E-state index contributed by atoms with van der Waals surface area (Å²) in [5.41, 5.74) is 1.01. The molecule has 1 rings (SSSR count). The summed E-state index contributed by atoms with van der Waals surface area (Å²) >= 11 is 0. The first-order chi connectivity index (χ1) is 10.6. The van der Waals surface area contributed by atoms with Crippen LogP contribution in [-0.4, -0.2) is 32.6 Å². The van der Waals surface area contributed by atoms with Crippen molar-refractivity contribution >= 4 is 6.08 Å². The molecule has 0 aliphatic carbocycles. The Morgan fingerprint density at radius 2 is 1.82 bits per heavy atom. The van der Waals surface area contributed by atoms with Gasteiger partial charge < -0.3 is 20.4 Å². The van der Waals surface area contributed by atoms with Gasteiger partial charge in [0.2, 0.25) is 0 Å². The van der Waals surface area contributed by atoms with Gasteiger partial charge in [0, 0.05) is 5.56 Å². The summed E-state index contributed by atoms with van der Waals surface area (Å²) in [6, 6.07) is 4.87. The Hall–Kier alpha value is -1.62. The summed E-state index contributed by atoms with van der Waals surface area (Å²) in [6.45, 7) is 1.84. The molecule has 0 radical (unpaired) electrons. The second-order valence-corrected chi connectivity index (χ2v) is 5.27. The number of benzene rings is 1. The SMILES string of the molecule is CCCCCC=CC(O)C(O)C=Cc1cccc(O)c1CO. The quantitative estimate of drug-likeness (QED) is 0.418. The average Bonchev–Trinajstić information content (AvgIpc) is 2.52. The van der Waals surface area contributed by atoms with E-state index in [0.717, 1.165) is 25.7 Å². The van der Waals surface area contributed by atoms with Gasteiger partial charge in [-0.1, -0.05) is 56.2 Å². The van der Waals surface area contributed by atoms with Crippen molar-refractivity contribution < 1.29 is 20.4 Å². The maximum absolute atomic E-state index is 9.90. The number of phenols is 1. The molecular formula is C18H26O4. The monoisotopic (exact) mass is 306 g/mol. The van der Waals surface area contributed by atoms with E-state index < -0.39 is 12.2 Å². The van der Waals surface area contributed by atoms with Gasteiger partial charge >= 0.3 is 0 Å². The van der Waals surface area contributed by atoms with Crippen LogP contribution in [0.15, 0.2) is 36.4 Å². The standard InChI is InChI=1S/C18H26O4/c1-2-3-4-5-6-9-17(21)18(22)12-11-14-8-7-10-16(20)15(14)13-19/h6-12,17-22H,2-5,13H2,1H3. The maximum atomic E-state index is 9.90. The lowest BCUT2D eigenvalue weighted by atomic mass is 10.0. The number of aliphatic hydroxyl groups excluding tert-OH is 3. The number of rotatable bonds is 9. The van der Waals surface area contributed by atoms with E-state index in [1.54, 1.807) is 24.3 Å². The minimum atomic E-state index is -1.03. The van der Waals surface area contributed by atoms with Crippen molar-refractivity contribution in [3.63, 3.8) is 0 Å². The van der Waals surface area contributed by atoms with Gasteiger partial charge in [-0.15, -0.1) is 0 Å². The van der Waals surface area contributed by atoms with Crippen LogP contribution < -0.4 is 0 Å². The van der Waals surface area contributed by atoms with Crippen molar-refractivity contribution in [1.82, 2.24) is 0 Å². The van der Waals surface area contributed by atoms with Crippen LogP contribution in [0, 0.1) is 0 Å². The average molecular weight is 306 g/mol. The molecule has 0 saturated carbocycles. The van der Waals surface area contributed by atoms with Crippen molar-refractivity contribution in [2.75, 3.05) is 0 Å². The lowest BCUT2D eigenvalue weighted by Crippen LogP contribution is -2.21. The zero-order chi connectivity index (χ0) is 16.4. The van der Waals surface area contributed by atoms with Crippen LogP contribution in [0.3, 0.4) is 0 Å². The van der Waals surface area contributed by atoms with Crippen LogP contribution in [0.2, 0.25) is 0 Å². The molecule has 4 nitrogen and oxygen atoms in total. The van der Waals surface area contributed by atoms with Crippen molar-refractivity contribution in [3.8, 4) is 5.75 Å². The molecule has 2 atom stereocenters. The molecule has 0 spiro atoms. The Morgan fingerprint density at radius 1 is 1.09 bits per heavy atom. The molecule has 4 heteroatoms. The number of hydrogen-bond acceptors (Lipinski definition) is 4. The van der Waals surface area contributed by atoms with Gasteiger partial charge in [-0.3, -0.25) is 0 Å². The Labute approximate surface area is 132 Å². The largest absolute Gasteiger partial charge is 0.508 e. The number of aliphatic hydroxyl groups is 3. The molecule has 0 aromatic heterocycles. The number of allylic oxidation sites excluding steroid dienone is 1. The van der Waals surface area contributed by atoms with E-state index >= 15 is 0 Å². The molecule has 1 aromatic carbocycles. The molecule has 0 amide bonds. The summed E-state index contributed by atoms with van der Waals surface area (Å²) in [5.74, 6) is 0.00973. The summed E-state index contributed by atoms with van der Waals surface area (Å²) in [7, 11) is 0. The summed E-state index contributed by atoms with van der Waals surface area (Å²) < 4.78 is 0. The maximum Gasteiger partial charge on any atom is 0.121 e. The van der Waals surface area contributed by atoms with Gasteiger partial charge in [0.05, 0.1) is 6.61 Å². The number of hydrogen-bond donors (Lipinski definition) is 4. The predicted molar refractivity (Wildman–Crippen MR) is 88.4 cm³/mol. The Bertz CT molecular complexity index is 494. The van der Waals surface area contributed by atoms with Gasteiger partial charge in [0.1, 0.15) is 18.0 Å². The second-order valence-electron chi connectivity index (χ2n) is 5.27. The third kappa shape index (κ3) is 6.02. The van der Waals surface area contributed by atoms with E-state index in [-0.39, 0.29) is 12.4 Å².